The summed E-state index contributed by atoms with van der Waals surface area (Å²) in [4.78, 5) is 13.6. The fourth-order valence-corrected chi connectivity index (χ4v) is 4.80. The molecule has 3 atom stereocenters. The number of Topliss-reactive ketones (excluding diaryl/α,β-unsaturated/α-hetero) is 1. The third-order valence-electron chi connectivity index (χ3n) is 6.55. The van der Waals surface area contributed by atoms with E-state index in [2.05, 4.69) is 79.1 Å². The van der Waals surface area contributed by atoms with Gasteiger partial charge in [0.15, 0.2) is 0 Å². The molecule has 5 rings (SSSR count). The summed E-state index contributed by atoms with van der Waals surface area (Å²) >= 11 is 0. The monoisotopic (exact) mass is 438 g/mol. The van der Waals surface area contributed by atoms with Crippen LogP contribution in [0, 0.1) is 12.8 Å². The van der Waals surface area contributed by atoms with Crippen molar-refractivity contribution in [2.45, 2.75) is 38.6 Å². The third kappa shape index (κ3) is 4.38. The van der Waals surface area contributed by atoms with E-state index in [1.54, 1.807) is 0 Å². The van der Waals surface area contributed by atoms with Crippen molar-refractivity contribution in [2.24, 2.45) is 5.92 Å². The summed E-state index contributed by atoms with van der Waals surface area (Å²) in [5.41, 5.74) is 6.46. The molecule has 0 bridgehead atoms. The van der Waals surface area contributed by atoms with Crippen LogP contribution in [-0.2, 0) is 4.79 Å². The minimum absolute atomic E-state index is 0.0765. The molecule has 4 heteroatoms. The number of anilines is 2. The molecule has 0 fully saturated rings. The largest absolute Gasteiger partial charge is 0.494 e. The van der Waals surface area contributed by atoms with Crippen LogP contribution < -0.4 is 15.4 Å². The lowest BCUT2D eigenvalue weighted by Crippen LogP contribution is -2.33. The Kier molecular flexibility index (Phi) is 5.91. The minimum atomic E-state index is -0.276. The van der Waals surface area contributed by atoms with Crippen molar-refractivity contribution in [2.75, 3.05) is 17.2 Å². The van der Waals surface area contributed by atoms with Crippen LogP contribution in [-0.4, -0.2) is 12.4 Å². The van der Waals surface area contributed by atoms with E-state index < -0.39 is 0 Å². The number of aryl methyl sites for hydroxylation is 1. The highest BCUT2D eigenvalue weighted by Gasteiger charge is 2.39. The first-order chi connectivity index (χ1) is 16.1. The van der Waals surface area contributed by atoms with Gasteiger partial charge in [-0.2, -0.15) is 0 Å². The molecule has 0 saturated carbocycles. The number of hydrogen-bond acceptors (Lipinski definition) is 4. The predicted molar refractivity (Wildman–Crippen MR) is 134 cm³/mol. The number of ketones is 1. The van der Waals surface area contributed by atoms with Crippen molar-refractivity contribution in [3.05, 3.63) is 101 Å². The van der Waals surface area contributed by atoms with Crippen LogP contribution in [0.2, 0.25) is 0 Å². The number of hydrogen-bond donors (Lipinski definition) is 2. The number of allylic oxidation sites excluding steroid dienone is 1. The van der Waals surface area contributed by atoms with Gasteiger partial charge in [0.2, 0.25) is 0 Å². The maximum atomic E-state index is 13.6. The Morgan fingerprint density at radius 3 is 2.33 bits per heavy atom. The Labute approximate surface area is 195 Å². The van der Waals surface area contributed by atoms with Gasteiger partial charge in [0.1, 0.15) is 11.5 Å². The topological polar surface area (TPSA) is 50.4 Å². The van der Waals surface area contributed by atoms with E-state index in [0.717, 1.165) is 34.8 Å². The van der Waals surface area contributed by atoms with Crippen molar-refractivity contribution in [3.63, 3.8) is 0 Å². The number of carbonyl (C=O) groups excluding carboxylic acids is 1. The van der Waals surface area contributed by atoms with Crippen LogP contribution in [0.4, 0.5) is 11.4 Å². The molecule has 3 aromatic carbocycles. The lowest BCUT2D eigenvalue weighted by Gasteiger charge is -2.32. The first-order valence-electron chi connectivity index (χ1n) is 11.8. The van der Waals surface area contributed by atoms with Gasteiger partial charge in [-0.05, 0) is 48.7 Å². The van der Waals surface area contributed by atoms with E-state index in [4.69, 9.17) is 4.74 Å². The number of ether oxygens (including phenoxy) is 1. The maximum Gasteiger partial charge on any atom is 0.145 e. The molecule has 1 heterocycles. The average molecular weight is 439 g/mol. The summed E-state index contributed by atoms with van der Waals surface area (Å²) in [6.07, 6.45) is 3.73. The molecule has 3 unspecified atom stereocenters. The molecule has 0 spiro atoms. The van der Waals surface area contributed by atoms with Crippen molar-refractivity contribution in [1.29, 1.82) is 0 Å². The Morgan fingerprint density at radius 2 is 1.61 bits per heavy atom. The summed E-state index contributed by atoms with van der Waals surface area (Å²) < 4.78 is 5.77. The van der Waals surface area contributed by atoms with Gasteiger partial charge in [0, 0.05) is 18.0 Å². The molecule has 4 nitrogen and oxygen atoms in total. The summed E-state index contributed by atoms with van der Waals surface area (Å²) in [6.45, 7) is 4.89. The molecule has 2 N–H and O–H groups in total. The third-order valence-corrected chi connectivity index (χ3v) is 6.55. The van der Waals surface area contributed by atoms with Gasteiger partial charge in [0.05, 0.1) is 29.9 Å². The highest BCUT2D eigenvalue weighted by atomic mass is 16.5. The summed E-state index contributed by atoms with van der Waals surface area (Å²) in [5, 5.41) is 7.26. The molecular weight excluding hydrogens is 408 g/mol. The number of rotatable bonds is 5. The summed E-state index contributed by atoms with van der Waals surface area (Å²) in [7, 11) is 0. The van der Waals surface area contributed by atoms with Gasteiger partial charge >= 0.3 is 0 Å². The molecule has 1 aliphatic carbocycles. The Balaban J connectivity index is 1.54. The molecule has 0 aromatic heterocycles. The normalized spacial score (nSPS) is 21.6. The van der Waals surface area contributed by atoms with Crippen LogP contribution in [0.5, 0.6) is 5.75 Å². The summed E-state index contributed by atoms with van der Waals surface area (Å²) in [5.74, 6) is 0.911. The Bertz CT molecular complexity index is 1160. The van der Waals surface area contributed by atoms with E-state index in [0.29, 0.717) is 13.0 Å². The lowest BCUT2D eigenvalue weighted by molar-refractivity contribution is -0.122. The fourth-order valence-electron chi connectivity index (χ4n) is 4.80. The van der Waals surface area contributed by atoms with Crippen molar-refractivity contribution >= 4 is 17.2 Å². The van der Waals surface area contributed by atoms with E-state index in [-0.39, 0.29) is 23.7 Å². The van der Waals surface area contributed by atoms with Crippen LogP contribution in [0.3, 0.4) is 0 Å². The maximum absolute atomic E-state index is 13.6. The van der Waals surface area contributed by atoms with Gasteiger partial charge in [0.25, 0.3) is 0 Å². The molecule has 33 heavy (non-hydrogen) atoms. The standard InChI is InChI=1S/C29H30N2O2/c1-3-16-33-23-14-12-21(13-15-23)29-28-26(30-24-6-4-5-7-25(24)31-29)17-22(18-27(28)32)20-10-8-19(2)9-11-20/h4-15,17,22,28-31H,3,16,18H2,1-2H3. The first kappa shape index (κ1) is 21.3. The van der Waals surface area contributed by atoms with Crippen LogP contribution >= 0.6 is 0 Å². The molecule has 2 aliphatic rings. The minimum Gasteiger partial charge on any atom is -0.494 e. The Morgan fingerprint density at radius 1 is 0.909 bits per heavy atom. The molecular formula is C29H30N2O2. The van der Waals surface area contributed by atoms with Gasteiger partial charge < -0.3 is 15.4 Å². The van der Waals surface area contributed by atoms with Crippen LogP contribution in [0.15, 0.2) is 84.6 Å². The van der Waals surface area contributed by atoms with Crippen molar-refractivity contribution < 1.29 is 9.53 Å². The molecule has 168 valence electrons. The van der Waals surface area contributed by atoms with Crippen LogP contribution in [0.1, 0.15) is 48.4 Å². The highest BCUT2D eigenvalue weighted by molar-refractivity contribution is 5.90. The number of nitrogens with one attached hydrogen (secondary N) is 2. The SMILES string of the molecule is CCCOc1ccc(C2Nc3ccccc3NC3=CC(c4ccc(C)cc4)CC(=O)C32)cc1. The summed E-state index contributed by atoms with van der Waals surface area (Å²) in [6, 6.07) is 24.7. The first-order valence-corrected chi connectivity index (χ1v) is 11.8. The molecule has 0 radical (unpaired) electrons. The van der Waals surface area contributed by atoms with Crippen molar-refractivity contribution in [1.82, 2.24) is 0 Å². The number of carbonyl (C=O) groups is 1. The van der Waals surface area contributed by atoms with Gasteiger partial charge in [-0.3, -0.25) is 4.79 Å². The van der Waals surface area contributed by atoms with Gasteiger partial charge in [-0.25, -0.2) is 0 Å². The zero-order valence-corrected chi connectivity index (χ0v) is 19.2. The van der Waals surface area contributed by atoms with E-state index >= 15 is 0 Å². The Hall–Kier alpha value is -3.53. The van der Waals surface area contributed by atoms with E-state index in [1.807, 2.05) is 24.3 Å². The molecule has 3 aromatic rings. The molecule has 0 amide bonds. The predicted octanol–water partition coefficient (Wildman–Crippen LogP) is 6.62. The van der Waals surface area contributed by atoms with E-state index in [9.17, 15) is 4.79 Å². The zero-order chi connectivity index (χ0) is 22.8. The lowest BCUT2D eigenvalue weighted by atomic mass is 9.76. The second kappa shape index (κ2) is 9.14. The fraction of sp³-hybridized carbons (Fsp3) is 0.276. The smallest absolute Gasteiger partial charge is 0.145 e. The van der Waals surface area contributed by atoms with Crippen molar-refractivity contribution in [3.8, 4) is 5.75 Å². The number of benzene rings is 3. The number of para-hydroxylation sites is 2. The second-order valence-electron chi connectivity index (χ2n) is 9.00. The highest BCUT2D eigenvalue weighted by Crippen LogP contribution is 2.44. The van der Waals surface area contributed by atoms with E-state index in [1.165, 1.54) is 11.1 Å². The molecule has 0 saturated heterocycles. The van der Waals surface area contributed by atoms with Gasteiger partial charge in [-0.15, -0.1) is 0 Å². The van der Waals surface area contributed by atoms with Crippen LogP contribution in [0.25, 0.3) is 0 Å². The zero-order valence-electron chi connectivity index (χ0n) is 19.2. The van der Waals surface area contributed by atoms with Gasteiger partial charge in [-0.1, -0.05) is 67.1 Å². The number of fused-ring (bicyclic) bond motifs is 2. The second-order valence-corrected chi connectivity index (χ2v) is 9.00. The average Bonchev–Trinajstić information content (AvgIpc) is 3.00. The quantitative estimate of drug-likeness (QED) is 0.470. The molecule has 1 aliphatic heterocycles.